The van der Waals surface area contributed by atoms with Crippen molar-refractivity contribution in [2.75, 3.05) is 0 Å². The third kappa shape index (κ3) is 2.08. The Morgan fingerprint density at radius 2 is 1.80 bits per heavy atom. The van der Waals surface area contributed by atoms with Crippen molar-refractivity contribution in [1.82, 2.24) is 0 Å². The molecule has 0 nitrogen and oxygen atoms in total. The summed E-state index contributed by atoms with van der Waals surface area (Å²) in [5, 5.41) is 0.741. The standard InChI is InChI=1S/C8H5ClSe/c9-8-3-1-7(2-4-8)5-6-10/h1-4,10H/p-1. The number of halogens is 1. The van der Waals surface area contributed by atoms with E-state index in [4.69, 9.17) is 11.6 Å². The summed E-state index contributed by atoms with van der Waals surface area (Å²) in [5.41, 5.74) is 0.975. The fourth-order valence-corrected chi connectivity index (χ4v) is 0.965. The zero-order valence-corrected chi connectivity index (χ0v) is 7.56. The Kier molecular flexibility index (Phi) is 2.83. The predicted octanol–water partition coefficient (Wildman–Crippen LogP) is 1.82. The molecule has 0 amide bonds. The van der Waals surface area contributed by atoms with Gasteiger partial charge in [-0.15, -0.1) is 0 Å². The van der Waals surface area contributed by atoms with Crippen LogP contribution in [0.25, 0.3) is 0 Å². The average molecular weight is 215 g/mol. The summed E-state index contributed by atoms with van der Waals surface area (Å²) in [4.78, 5) is 2.69. The molecule has 0 bridgehead atoms. The molecular formula is C8H4ClSe-. The molecule has 0 aliphatic heterocycles. The fraction of sp³-hybridized carbons (Fsp3) is 0. The SMILES string of the molecule is Clc1ccc(C#C[Se-])cc1. The van der Waals surface area contributed by atoms with Crippen LogP contribution in [0.3, 0.4) is 0 Å². The Morgan fingerprint density at radius 1 is 1.20 bits per heavy atom. The van der Waals surface area contributed by atoms with Crippen LogP contribution < -0.4 is 0 Å². The number of hydrogen-bond acceptors (Lipinski definition) is 0. The third-order valence-electron chi connectivity index (χ3n) is 1.04. The molecule has 2 heteroatoms. The molecule has 0 unspecified atom stereocenters. The van der Waals surface area contributed by atoms with Crippen LogP contribution in [0.1, 0.15) is 5.56 Å². The van der Waals surface area contributed by atoms with E-state index >= 15 is 0 Å². The molecule has 0 radical (unpaired) electrons. The van der Waals surface area contributed by atoms with E-state index in [1.165, 1.54) is 0 Å². The van der Waals surface area contributed by atoms with Gasteiger partial charge < -0.3 is 0 Å². The summed E-state index contributed by atoms with van der Waals surface area (Å²) in [6.07, 6.45) is 0. The van der Waals surface area contributed by atoms with Gasteiger partial charge in [-0.2, -0.15) is 0 Å². The molecule has 50 valence electrons. The summed E-state index contributed by atoms with van der Waals surface area (Å²) in [6.45, 7) is 0. The summed E-state index contributed by atoms with van der Waals surface area (Å²) < 4.78 is 0. The van der Waals surface area contributed by atoms with Gasteiger partial charge in [0.2, 0.25) is 0 Å². The molecular weight excluding hydrogens is 211 g/mol. The van der Waals surface area contributed by atoms with Crippen molar-refractivity contribution < 1.29 is 0 Å². The average Bonchev–Trinajstić information content (AvgIpc) is 1.95. The first-order valence-corrected chi connectivity index (χ1v) is 3.95. The topological polar surface area (TPSA) is 0 Å². The molecule has 0 heterocycles. The number of benzene rings is 1. The minimum atomic E-state index is 0.741. The van der Waals surface area contributed by atoms with Gasteiger partial charge in [0.05, 0.1) is 0 Å². The van der Waals surface area contributed by atoms with Crippen LogP contribution in [0.4, 0.5) is 0 Å². The maximum atomic E-state index is 5.66. The summed E-state index contributed by atoms with van der Waals surface area (Å²) in [5.74, 6) is 2.87. The van der Waals surface area contributed by atoms with Crippen LogP contribution >= 0.6 is 11.6 Å². The first-order chi connectivity index (χ1) is 4.83. The molecule has 0 saturated carbocycles. The molecule has 0 atom stereocenters. The monoisotopic (exact) mass is 215 g/mol. The van der Waals surface area contributed by atoms with Crippen molar-refractivity contribution in [3.8, 4) is 10.7 Å². The van der Waals surface area contributed by atoms with Crippen LogP contribution in [-0.2, 0) is 0 Å². The van der Waals surface area contributed by atoms with Crippen molar-refractivity contribution in [3.05, 3.63) is 34.9 Å². The van der Waals surface area contributed by atoms with Crippen LogP contribution in [0, 0.1) is 10.7 Å². The van der Waals surface area contributed by atoms with Gasteiger partial charge in [0.15, 0.2) is 0 Å². The van der Waals surface area contributed by atoms with E-state index in [1.54, 1.807) is 0 Å². The Bertz CT molecular complexity index is 266. The summed E-state index contributed by atoms with van der Waals surface area (Å²) in [6, 6.07) is 7.40. The van der Waals surface area contributed by atoms with Crippen LogP contribution in [0.5, 0.6) is 0 Å². The zero-order valence-electron chi connectivity index (χ0n) is 5.10. The first-order valence-electron chi connectivity index (χ1n) is 2.71. The normalized spacial score (nSPS) is 8.10. The molecule has 0 spiro atoms. The second-order valence-corrected chi connectivity index (χ2v) is 2.60. The van der Waals surface area contributed by atoms with E-state index in [9.17, 15) is 0 Å². The van der Waals surface area contributed by atoms with Crippen LogP contribution in [0.2, 0.25) is 5.02 Å². The van der Waals surface area contributed by atoms with E-state index in [2.05, 4.69) is 26.8 Å². The molecule has 0 N–H and O–H groups in total. The van der Waals surface area contributed by atoms with Crippen molar-refractivity contribution in [2.45, 2.75) is 0 Å². The molecule has 10 heavy (non-hydrogen) atoms. The summed E-state index contributed by atoms with van der Waals surface area (Å²) in [7, 11) is 0. The van der Waals surface area contributed by atoms with E-state index < -0.39 is 0 Å². The molecule has 0 aliphatic carbocycles. The van der Waals surface area contributed by atoms with Gasteiger partial charge in [-0.25, -0.2) is 0 Å². The van der Waals surface area contributed by atoms with Crippen molar-refractivity contribution in [1.29, 1.82) is 0 Å². The molecule has 0 saturated heterocycles. The van der Waals surface area contributed by atoms with E-state index in [0.29, 0.717) is 0 Å². The third-order valence-corrected chi connectivity index (χ3v) is 1.51. The second kappa shape index (κ2) is 3.68. The van der Waals surface area contributed by atoms with Crippen molar-refractivity contribution >= 4 is 27.6 Å². The van der Waals surface area contributed by atoms with Crippen molar-refractivity contribution in [2.24, 2.45) is 0 Å². The molecule has 0 aliphatic rings. The number of rotatable bonds is 0. The van der Waals surface area contributed by atoms with Gasteiger partial charge in [0.1, 0.15) is 0 Å². The van der Waals surface area contributed by atoms with E-state index in [1.807, 2.05) is 24.3 Å². The van der Waals surface area contributed by atoms with Gasteiger partial charge in [0.25, 0.3) is 0 Å². The minimum absolute atomic E-state index is 0.741. The van der Waals surface area contributed by atoms with Crippen LogP contribution in [0.15, 0.2) is 24.3 Å². The predicted molar refractivity (Wildman–Crippen MR) is 44.1 cm³/mol. The quantitative estimate of drug-likeness (QED) is 0.457. The van der Waals surface area contributed by atoms with Gasteiger partial charge in [-0.3, -0.25) is 0 Å². The van der Waals surface area contributed by atoms with E-state index in [-0.39, 0.29) is 0 Å². The van der Waals surface area contributed by atoms with Gasteiger partial charge >= 0.3 is 73.2 Å². The Labute approximate surface area is 73.4 Å². The zero-order chi connectivity index (χ0) is 7.40. The Balaban J connectivity index is 2.97. The second-order valence-electron chi connectivity index (χ2n) is 1.73. The van der Waals surface area contributed by atoms with Gasteiger partial charge in [-0.1, -0.05) is 0 Å². The van der Waals surface area contributed by atoms with Gasteiger partial charge in [-0.05, 0) is 0 Å². The fourth-order valence-electron chi connectivity index (χ4n) is 0.592. The van der Waals surface area contributed by atoms with Crippen LogP contribution in [-0.4, -0.2) is 16.0 Å². The molecule has 0 aromatic heterocycles. The molecule has 1 rings (SSSR count). The number of hydrogen-bond donors (Lipinski definition) is 0. The van der Waals surface area contributed by atoms with Crippen molar-refractivity contribution in [3.63, 3.8) is 0 Å². The molecule has 1 aromatic rings. The first kappa shape index (κ1) is 7.69. The summed E-state index contributed by atoms with van der Waals surface area (Å²) >= 11 is 8.27. The molecule has 0 fully saturated rings. The Morgan fingerprint density at radius 3 is 2.30 bits per heavy atom. The maximum absolute atomic E-state index is 5.66. The molecule has 1 aromatic carbocycles. The van der Waals surface area contributed by atoms with E-state index in [0.717, 1.165) is 10.6 Å². The van der Waals surface area contributed by atoms with Gasteiger partial charge in [0, 0.05) is 0 Å². The Hall–Kier alpha value is -0.411.